The fourth-order valence-electron chi connectivity index (χ4n) is 4.28. The Labute approximate surface area is 126 Å². The van der Waals surface area contributed by atoms with Gasteiger partial charge in [-0.15, -0.1) is 0 Å². The predicted octanol–water partition coefficient (Wildman–Crippen LogP) is 4.44. The van der Waals surface area contributed by atoms with Crippen LogP contribution in [0.1, 0.15) is 43.7 Å². The fourth-order valence-corrected chi connectivity index (χ4v) is 4.48. The highest BCUT2D eigenvalue weighted by molar-refractivity contribution is 6.32. The molecular weight excluding hydrogens is 270 g/mol. The zero-order chi connectivity index (χ0) is 14.1. The smallest absolute Gasteiger partial charge is 0.137 e. The molecule has 4 atom stereocenters. The molecule has 1 aromatic rings. The van der Waals surface area contributed by atoms with Gasteiger partial charge < -0.3 is 10.1 Å². The van der Waals surface area contributed by atoms with Crippen molar-refractivity contribution in [2.45, 2.75) is 38.1 Å². The van der Waals surface area contributed by atoms with E-state index in [0.29, 0.717) is 11.1 Å². The van der Waals surface area contributed by atoms with Crippen LogP contribution in [0.25, 0.3) is 0 Å². The molecule has 2 aliphatic carbocycles. The molecule has 110 valence electrons. The number of hydrogen-bond acceptors (Lipinski definition) is 2. The van der Waals surface area contributed by atoms with Crippen molar-refractivity contribution in [3.8, 4) is 5.75 Å². The first-order chi connectivity index (χ1) is 9.71. The van der Waals surface area contributed by atoms with Gasteiger partial charge in [0.1, 0.15) is 5.75 Å². The number of fused-ring (bicyclic) bond motifs is 2. The van der Waals surface area contributed by atoms with Crippen molar-refractivity contribution in [1.82, 2.24) is 5.32 Å². The lowest BCUT2D eigenvalue weighted by molar-refractivity contribution is 0.284. The third kappa shape index (κ3) is 2.68. The predicted molar refractivity (Wildman–Crippen MR) is 83.4 cm³/mol. The van der Waals surface area contributed by atoms with Crippen LogP contribution < -0.4 is 10.1 Å². The number of methoxy groups -OCH3 is 1. The lowest BCUT2D eigenvalue weighted by Crippen LogP contribution is -2.22. The molecule has 1 aromatic carbocycles. The SMILES string of the molecule is CNC(CC1CC2CCC1C2)c1ccc(Cl)c(OC)c1. The molecule has 2 saturated carbocycles. The Morgan fingerprint density at radius 3 is 2.80 bits per heavy atom. The highest BCUT2D eigenvalue weighted by atomic mass is 35.5. The summed E-state index contributed by atoms with van der Waals surface area (Å²) in [5.74, 6) is 3.66. The Morgan fingerprint density at radius 1 is 1.35 bits per heavy atom. The van der Waals surface area contributed by atoms with Crippen LogP contribution >= 0.6 is 11.6 Å². The van der Waals surface area contributed by atoms with E-state index in [9.17, 15) is 0 Å². The Hall–Kier alpha value is -0.730. The van der Waals surface area contributed by atoms with Crippen LogP contribution in [0, 0.1) is 17.8 Å². The summed E-state index contributed by atoms with van der Waals surface area (Å²) >= 11 is 6.12. The molecule has 0 aliphatic heterocycles. The van der Waals surface area contributed by atoms with Gasteiger partial charge in [-0.25, -0.2) is 0 Å². The van der Waals surface area contributed by atoms with Crippen molar-refractivity contribution in [1.29, 1.82) is 0 Å². The molecule has 4 unspecified atom stereocenters. The van der Waals surface area contributed by atoms with Crippen LogP contribution in [0.15, 0.2) is 18.2 Å². The van der Waals surface area contributed by atoms with E-state index >= 15 is 0 Å². The molecule has 20 heavy (non-hydrogen) atoms. The molecule has 3 heteroatoms. The second-order valence-electron chi connectivity index (χ2n) is 6.41. The molecular formula is C17H24ClNO. The maximum Gasteiger partial charge on any atom is 0.137 e. The quantitative estimate of drug-likeness (QED) is 0.867. The minimum Gasteiger partial charge on any atom is -0.495 e. The highest BCUT2D eigenvalue weighted by Crippen LogP contribution is 2.51. The molecule has 0 heterocycles. The van der Waals surface area contributed by atoms with E-state index < -0.39 is 0 Å². The Morgan fingerprint density at radius 2 is 2.20 bits per heavy atom. The summed E-state index contributed by atoms with van der Waals surface area (Å²) in [5.41, 5.74) is 1.29. The zero-order valence-electron chi connectivity index (χ0n) is 12.4. The van der Waals surface area contributed by atoms with Crippen molar-refractivity contribution in [3.63, 3.8) is 0 Å². The van der Waals surface area contributed by atoms with E-state index in [2.05, 4.69) is 24.5 Å². The lowest BCUT2D eigenvalue weighted by Gasteiger charge is -2.27. The van der Waals surface area contributed by atoms with Gasteiger partial charge in [-0.05, 0) is 68.2 Å². The number of nitrogens with one attached hydrogen (secondary N) is 1. The molecule has 2 nitrogen and oxygen atoms in total. The highest BCUT2D eigenvalue weighted by Gasteiger charge is 2.40. The number of hydrogen-bond donors (Lipinski definition) is 1. The molecule has 0 radical (unpaired) electrons. The van der Waals surface area contributed by atoms with Crippen molar-refractivity contribution >= 4 is 11.6 Å². The van der Waals surface area contributed by atoms with Gasteiger partial charge in [0.25, 0.3) is 0 Å². The third-order valence-corrected chi connectivity index (χ3v) is 5.66. The molecule has 0 spiro atoms. The molecule has 1 N–H and O–H groups in total. The van der Waals surface area contributed by atoms with Crippen molar-refractivity contribution in [2.75, 3.05) is 14.2 Å². The average Bonchev–Trinajstić information content (AvgIpc) is 3.08. The van der Waals surface area contributed by atoms with Gasteiger partial charge in [-0.3, -0.25) is 0 Å². The van der Waals surface area contributed by atoms with Gasteiger partial charge in [-0.1, -0.05) is 24.1 Å². The normalized spacial score (nSPS) is 29.6. The third-order valence-electron chi connectivity index (χ3n) is 5.35. The Kier molecular flexibility index (Phi) is 4.23. The number of rotatable bonds is 5. The van der Waals surface area contributed by atoms with E-state index in [1.807, 2.05) is 6.07 Å². The van der Waals surface area contributed by atoms with Crippen molar-refractivity contribution in [3.05, 3.63) is 28.8 Å². The van der Waals surface area contributed by atoms with E-state index in [4.69, 9.17) is 16.3 Å². The summed E-state index contributed by atoms with van der Waals surface area (Å²) in [6.45, 7) is 0. The van der Waals surface area contributed by atoms with E-state index in [-0.39, 0.29) is 0 Å². The summed E-state index contributed by atoms with van der Waals surface area (Å²) in [6, 6.07) is 6.56. The van der Waals surface area contributed by atoms with Gasteiger partial charge >= 0.3 is 0 Å². The van der Waals surface area contributed by atoms with Crippen molar-refractivity contribution in [2.24, 2.45) is 17.8 Å². The molecule has 2 aliphatic rings. The summed E-state index contributed by atoms with van der Waals surface area (Å²) in [4.78, 5) is 0. The summed E-state index contributed by atoms with van der Waals surface area (Å²) in [7, 11) is 3.73. The summed E-state index contributed by atoms with van der Waals surface area (Å²) in [5, 5.41) is 4.16. The number of benzene rings is 1. The topological polar surface area (TPSA) is 21.3 Å². The molecule has 2 bridgehead atoms. The van der Waals surface area contributed by atoms with Gasteiger partial charge in [0.15, 0.2) is 0 Å². The largest absolute Gasteiger partial charge is 0.495 e. The maximum absolute atomic E-state index is 6.12. The first-order valence-electron chi connectivity index (χ1n) is 7.72. The summed E-state index contributed by atoms with van der Waals surface area (Å²) < 4.78 is 5.34. The molecule has 0 amide bonds. The second-order valence-corrected chi connectivity index (χ2v) is 6.81. The van der Waals surface area contributed by atoms with Crippen LogP contribution in [0.5, 0.6) is 5.75 Å². The summed E-state index contributed by atoms with van der Waals surface area (Å²) in [6.07, 6.45) is 7.08. The standard InChI is InChI=1S/C17H24ClNO/c1-19-16(9-14-8-11-3-4-12(14)7-11)13-5-6-15(18)17(10-13)20-2/h5-6,10-12,14,16,19H,3-4,7-9H2,1-2H3. The lowest BCUT2D eigenvalue weighted by atomic mass is 9.83. The molecule has 3 rings (SSSR count). The second kappa shape index (κ2) is 5.95. The average molecular weight is 294 g/mol. The van der Waals surface area contributed by atoms with Crippen LogP contribution in [-0.4, -0.2) is 14.2 Å². The molecule has 0 aromatic heterocycles. The zero-order valence-corrected chi connectivity index (χ0v) is 13.1. The van der Waals surface area contributed by atoms with Gasteiger partial charge in [0, 0.05) is 6.04 Å². The van der Waals surface area contributed by atoms with Crippen LogP contribution in [-0.2, 0) is 0 Å². The Bertz CT molecular complexity index is 476. The first kappa shape index (κ1) is 14.2. The van der Waals surface area contributed by atoms with Crippen LogP contribution in [0.3, 0.4) is 0 Å². The van der Waals surface area contributed by atoms with E-state index in [0.717, 1.165) is 23.5 Å². The molecule has 2 fully saturated rings. The van der Waals surface area contributed by atoms with E-state index in [1.165, 1.54) is 37.7 Å². The minimum atomic E-state index is 0.408. The van der Waals surface area contributed by atoms with Crippen LogP contribution in [0.4, 0.5) is 0 Å². The fraction of sp³-hybridized carbons (Fsp3) is 0.647. The number of ether oxygens (including phenoxy) is 1. The molecule has 0 saturated heterocycles. The Balaban J connectivity index is 1.73. The maximum atomic E-state index is 6.12. The van der Waals surface area contributed by atoms with Gasteiger partial charge in [0.2, 0.25) is 0 Å². The van der Waals surface area contributed by atoms with Gasteiger partial charge in [-0.2, -0.15) is 0 Å². The number of halogens is 1. The van der Waals surface area contributed by atoms with Crippen LogP contribution in [0.2, 0.25) is 5.02 Å². The monoisotopic (exact) mass is 293 g/mol. The minimum absolute atomic E-state index is 0.408. The van der Waals surface area contributed by atoms with Gasteiger partial charge in [0.05, 0.1) is 12.1 Å². The van der Waals surface area contributed by atoms with Crippen molar-refractivity contribution < 1.29 is 4.74 Å². The van der Waals surface area contributed by atoms with E-state index in [1.54, 1.807) is 7.11 Å². The first-order valence-corrected chi connectivity index (χ1v) is 8.09.